The monoisotopic (exact) mass is 374 g/mol. The number of hydrogen-bond donors (Lipinski definition) is 1. The first-order valence-corrected chi connectivity index (χ1v) is 8.66. The third-order valence-electron chi connectivity index (χ3n) is 3.61. The van der Waals surface area contributed by atoms with Crippen LogP contribution in [0, 0.1) is 25.5 Å². The molecule has 0 aliphatic heterocycles. The van der Waals surface area contributed by atoms with Gasteiger partial charge in [0.2, 0.25) is 0 Å². The third kappa shape index (κ3) is 4.23. The van der Waals surface area contributed by atoms with Gasteiger partial charge in [-0.25, -0.2) is 13.8 Å². The van der Waals surface area contributed by atoms with Gasteiger partial charge in [-0.2, -0.15) is 0 Å². The number of rotatable bonds is 5. The van der Waals surface area contributed by atoms with Gasteiger partial charge in [0.15, 0.2) is 11.6 Å². The molecule has 0 fully saturated rings. The van der Waals surface area contributed by atoms with Crippen molar-refractivity contribution in [3.63, 3.8) is 0 Å². The van der Waals surface area contributed by atoms with Crippen molar-refractivity contribution in [2.24, 2.45) is 0 Å². The second-order valence-corrected chi connectivity index (χ2v) is 6.79. The molecule has 0 radical (unpaired) electrons. The van der Waals surface area contributed by atoms with E-state index in [0.717, 1.165) is 23.4 Å². The van der Waals surface area contributed by atoms with E-state index >= 15 is 0 Å². The van der Waals surface area contributed by atoms with E-state index in [0.29, 0.717) is 15.6 Å². The average Bonchev–Trinajstić information content (AvgIpc) is 2.98. The van der Waals surface area contributed by atoms with Crippen molar-refractivity contribution in [3.8, 4) is 5.75 Å². The Balaban J connectivity index is 1.67. The molecular weight excluding hydrogens is 358 g/mol. The van der Waals surface area contributed by atoms with Gasteiger partial charge in [-0.3, -0.25) is 4.79 Å². The summed E-state index contributed by atoms with van der Waals surface area (Å²) in [6.07, 6.45) is 0. The summed E-state index contributed by atoms with van der Waals surface area (Å²) in [6, 6.07) is 10.8. The van der Waals surface area contributed by atoms with E-state index in [1.807, 2.05) is 31.2 Å². The smallest absolute Gasteiger partial charge is 0.267 e. The lowest BCUT2D eigenvalue weighted by Crippen LogP contribution is -2.11. The number of amides is 1. The minimum absolute atomic E-state index is 0.180. The van der Waals surface area contributed by atoms with E-state index < -0.39 is 17.5 Å². The lowest BCUT2D eigenvalue weighted by Gasteiger charge is -2.04. The molecule has 2 aromatic carbocycles. The molecule has 1 heterocycles. The van der Waals surface area contributed by atoms with Crippen LogP contribution in [0.1, 0.15) is 25.9 Å². The van der Waals surface area contributed by atoms with Crippen LogP contribution in [0.5, 0.6) is 5.75 Å². The van der Waals surface area contributed by atoms with Gasteiger partial charge in [0.25, 0.3) is 5.91 Å². The van der Waals surface area contributed by atoms with Crippen LogP contribution in [0.3, 0.4) is 0 Å². The van der Waals surface area contributed by atoms with Crippen molar-refractivity contribution in [2.75, 3.05) is 5.32 Å². The van der Waals surface area contributed by atoms with E-state index in [4.69, 9.17) is 4.74 Å². The van der Waals surface area contributed by atoms with Crippen molar-refractivity contribution in [2.45, 2.75) is 20.5 Å². The van der Waals surface area contributed by atoms with Crippen LogP contribution in [0.2, 0.25) is 0 Å². The molecule has 3 aromatic rings. The van der Waals surface area contributed by atoms with Crippen molar-refractivity contribution in [3.05, 3.63) is 75.2 Å². The molecule has 0 bridgehead atoms. The fourth-order valence-corrected chi connectivity index (χ4v) is 3.14. The van der Waals surface area contributed by atoms with E-state index in [1.54, 1.807) is 6.92 Å². The van der Waals surface area contributed by atoms with Gasteiger partial charge in [0.05, 0.1) is 5.69 Å². The molecule has 26 heavy (non-hydrogen) atoms. The number of benzene rings is 2. The van der Waals surface area contributed by atoms with Gasteiger partial charge in [-0.15, -0.1) is 11.3 Å². The number of thiazole rings is 1. The second kappa shape index (κ2) is 7.61. The Bertz CT molecular complexity index is 939. The van der Waals surface area contributed by atoms with E-state index in [1.165, 1.54) is 17.4 Å². The number of halogens is 2. The highest BCUT2D eigenvalue weighted by molar-refractivity contribution is 7.13. The van der Waals surface area contributed by atoms with Gasteiger partial charge in [0, 0.05) is 11.8 Å². The Morgan fingerprint density at radius 3 is 2.54 bits per heavy atom. The van der Waals surface area contributed by atoms with Crippen LogP contribution < -0.4 is 10.1 Å². The van der Waals surface area contributed by atoms with Crippen LogP contribution in [0.4, 0.5) is 14.5 Å². The third-order valence-corrected chi connectivity index (χ3v) is 4.74. The first-order valence-electron chi connectivity index (χ1n) is 7.84. The fourth-order valence-electron chi connectivity index (χ4n) is 2.27. The molecule has 0 aliphatic rings. The van der Waals surface area contributed by atoms with Gasteiger partial charge in [-0.1, -0.05) is 17.7 Å². The van der Waals surface area contributed by atoms with Crippen LogP contribution >= 0.6 is 11.3 Å². The summed E-state index contributed by atoms with van der Waals surface area (Å²) in [5.41, 5.74) is 1.87. The Morgan fingerprint density at radius 2 is 1.85 bits per heavy atom. The highest BCUT2D eigenvalue weighted by Crippen LogP contribution is 2.22. The minimum Gasteiger partial charge on any atom is -0.486 e. The van der Waals surface area contributed by atoms with Gasteiger partial charge in [-0.05, 0) is 38.1 Å². The summed E-state index contributed by atoms with van der Waals surface area (Å²) in [7, 11) is 0. The summed E-state index contributed by atoms with van der Waals surface area (Å²) < 4.78 is 31.9. The molecule has 0 atom stereocenters. The molecule has 3 rings (SSSR count). The molecule has 134 valence electrons. The molecule has 1 aromatic heterocycles. The lowest BCUT2D eigenvalue weighted by molar-refractivity contribution is 0.103. The number of ether oxygens (including phenoxy) is 1. The quantitative estimate of drug-likeness (QED) is 0.693. The Kier molecular flexibility index (Phi) is 5.27. The van der Waals surface area contributed by atoms with Crippen LogP contribution in [0.25, 0.3) is 0 Å². The van der Waals surface area contributed by atoms with Crippen molar-refractivity contribution >= 4 is 22.9 Å². The number of aryl methyl sites for hydroxylation is 2. The molecule has 0 saturated carbocycles. The van der Waals surface area contributed by atoms with Crippen LogP contribution in [-0.2, 0) is 6.61 Å². The first-order chi connectivity index (χ1) is 12.4. The summed E-state index contributed by atoms with van der Waals surface area (Å²) in [6.45, 7) is 3.95. The first kappa shape index (κ1) is 18.0. The number of carbonyl (C=O) groups excluding carboxylic acids is 1. The van der Waals surface area contributed by atoms with Gasteiger partial charge >= 0.3 is 0 Å². The van der Waals surface area contributed by atoms with Gasteiger partial charge < -0.3 is 10.1 Å². The largest absolute Gasteiger partial charge is 0.486 e. The topological polar surface area (TPSA) is 51.2 Å². The maximum atomic E-state index is 13.2. The maximum absolute atomic E-state index is 13.2. The molecule has 1 amide bonds. The Hall–Kier alpha value is -2.80. The number of hydrogen-bond acceptors (Lipinski definition) is 4. The van der Waals surface area contributed by atoms with E-state index in [9.17, 15) is 13.6 Å². The maximum Gasteiger partial charge on any atom is 0.267 e. The molecule has 1 N–H and O–H groups in total. The summed E-state index contributed by atoms with van der Waals surface area (Å²) >= 11 is 1.20. The zero-order chi connectivity index (χ0) is 18.7. The van der Waals surface area contributed by atoms with Gasteiger partial charge in [0.1, 0.15) is 22.2 Å². The van der Waals surface area contributed by atoms with Crippen molar-refractivity contribution in [1.82, 2.24) is 4.98 Å². The number of aromatic nitrogens is 1. The van der Waals surface area contributed by atoms with Crippen molar-refractivity contribution < 1.29 is 18.3 Å². The molecule has 4 nitrogen and oxygen atoms in total. The zero-order valence-electron chi connectivity index (χ0n) is 14.2. The number of nitrogens with zero attached hydrogens (tertiary/aromatic N) is 1. The zero-order valence-corrected chi connectivity index (χ0v) is 15.0. The standard InChI is InChI=1S/C19H16F2N2O2S/c1-11-3-6-14(7-4-11)25-10-17-22-12(2)18(26-17)19(24)23-13-5-8-15(20)16(21)9-13/h3-9H,10H2,1-2H3,(H,23,24). The average molecular weight is 374 g/mol. The lowest BCUT2D eigenvalue weighted by atomic mass is 10.2. The second-order valence-electron chi connectivity index (χ2n) is 5.71. The summed E-state index contributed by atoms with van der Waals surface area (Å²) in [5.74, 6) is -1.69. The minimum atomic E-state index is -1.02. The number of anilines is 1. The van der Waals surface area contributed by atoms with E-state index in [-0.39, 0.29) is 12.3 Å². The summed E-state index contributed by atoms with van der Waals surface area (Å²) in [4.78, 5) is 17.1. The normalized spacial score (nSPS) is 10.6. The number of carbonyl (C=O) groups is 1. The highest BCUT2D eigenvalue weighted by Gasteiger charge is 2.16. The molecular formula is C19H16F2N2O2S. The molecule has 7 heteroatoms. The van der Waals surface area contributed by atoms with Crippen LogP contribution in [0.15, 0.2) is 42.5 Å². The van der Waals surface area contributed by atoms with Crippen molar-refractivity contribution in [1.29, 1.82) is 0 Å². The predicted molar refractivity (Wildman–Crippen MR) is 96.7 cm³/mol. The molecule has 0 saturated heterocycles. The fraction of sp³-hybridized carbons (Fsp3) is 0.158. The molecule has 0 unspecified atom stereocenters. The van der Waals surface area contributed by atoms with E-state index in [2.05, 4.69) is 10.3 Å². The molecule has 0 spiro atoms. The van der Waals surface area contributed by atoms with Crippen LogP contribution in [-0.4, -0.2) is 10.9 Å². The highest BCUT2D eigenvalue weighted by atomic mass is 32.1. The SMILES string of the molecule is Cc1ccc(OCc2nc(C)c(C(=O)Nc3ccc(F)c(F)c3)s2)cc1. The Morgan fingerprint density at radius 1 is 1.12 bits per heavy atom. The summed E-state index contributed by atoms with van der Waals surface area (Å²) in [5, 5.41) is 3.20. The molecule has 0 aliphatic carbocycles. The Labute approximate surface area is 153 Å². The number of nitrogens with one attached hydrogen (secondary N) is 1. The predicted octanol–water partition coefficient (Wildman–Crippen LogP) is 4.87.